The van der Waals surface area contributed by atoms with E-state index in [1.54, 1.807) is 35.2 Å². The van der Waals surface area contributed by atoms with Gasteiger partial charge in [0.2, 0.25) is 11.8 Å². The number of amides is 4. The van der Waals surface area contributed by atoms with E-state index < -0.39 is 18.2 Å². The Morgan fingerprint density at radius 3 is 2.40 bits per heavy atom. The van der Waals surface area contributed by atoms with Crippen LogP contribution < -0.4 is 20.9 Å². The smallest absolute Gasteiger partial charge is 0.316 e. The van der Waals surface area contributed by atoms with Crippen molar-refractivity contribution < 1.29 is 19.5 Å². The van der Waals surface area contributed by atoms with Crippen LogP contribution in [0.1, 0.15) is 29.5 Å². The van der Waals surface area contributed by atoms with Gasteiger partial charge < -0.3 is 35.8 Å². The highest BCUT2D eigenvalue weighted by atomic mass is 16.3. The summed E-state index contributed by atoms with van der Waals surface area (Å²) in [6, 6.07) is 23.1. The van der Waals surface area contributed by atoms with Crippen molar-refractivity contribution in [1.82, 2.24) is 25.8 Å². The molecule has 3 aromatic carbocycles. The highest BCUT2D eigenvalue weighted by molar-refractivity contribution is 5.91. The van der Waals surface area contributed by atoms with Gasteiger partial charge in [-0.1, -0.05) is 60.7 Å². The van der Waals surface area contributed by atoms with Gasteiger partial charge in [0.15, 0.2) is 0 Å². The lowest BCUT2D eigenvalue weighted by molar-refractivity contribution is -0.157. The number of phenols is 1. The molecule has 0 radical (unpaired) electrons. The van der Waals surface area contributed by atoms with Crippen LogP contribution in [-0.2, 0) is 29.1 Å². The van der Waals surface area contributed by atoms with Gasteiger partial charge in [0.25, 0.3) is 0 Å². The van der Waals surface area contributed by atoms with Gasteiger partial charge in [-0.15, -0.1) is 6.58 Å². The van der Waals surface area contributed by atoms with Gasteiger partial charge in [-0.05, 0) is 53.8 Å². The standard InChI is InChI=1S/C35H42N6O4/c1-2-17-36-23-33(43)41-31(21-26-13-15-30(42)16-14-26)34(44)40(24-28-11-8-12-29(20-28)39-18-6-7-19-39)25-32(41)38-35(45)37-22-27-9-4-3-5-10-27/h2-5,8-16,20,31-32,36,42H,1,6-7,17-19,21-25H2,(H2,37,38,45)/t31-,32+/m0/s1. The Hall–Kier alpha value is -4.83. The minimum Gasteiger partial charge on any atom is -0.508 e. The first-order chi connectivity index (χ1) is 21.9. The molecule has 0 bridgehead atoms. The van der Waals surface area contributed by atoms with Crippen molar-refractivity contribution in [2.45, 2.75) is 44.6 Å². The van der Waals surface area contributed by atoms with E-state index in [0.29, 0.717) is 19.6 Å². The molecule has 5 rings (SSSR count). The van der Waals surface area contributed by atoms with Crippen molar-refractivity contribution >= 4 is 23.5 Å². The minimum atomic E-state index is -0.873. The van der Waals surface area contributed by atoms with E-state index in [1.165, 1.54) is 17.7 Å². The Morgan fingerprint density at radius 1 is 0.933 bits per heavy atom. The zero-order valence-corrected chi connectivity index (χ0v) is 25.5. The van der Waals surface area contributed by atoms with E-state index in [-0.39, 0.29) is 37.1 Å². The molecule has 4 N–H and O–H groups in total. The van der Waals surface area contributed by atoms with Crippen molar-refractivity contribution in [2.24, 2.45) is 0 Å². The van der Waals surface area contributed by atoms with Gasteiger partial charge in [0.1, 0.15) is 18.0 Å². The second-order valence-corrected chi connectivity index (χ2v) is 11.5. The molecule has 2 aliphatic rings. The zero-order chi connectivity index (χ0) is 31.6. The lowest BCUT2D eigenvalue weighted by atomic mass is 9.99. The Morgan fingerprint density at radius 2 is 1.67 bits per heavy atom. The highest BCUT2D eigenvalue weighted by Crippen LogP contribution is 2.26. The molecule has 0 saturated carbocycles. The molecule has 0 unspecified atom stereocenters. The lowest BCUT2D eigenvalue weighted by Crippen LogP contribution is -2.69. The summed E-state index contributed by atoms with van der Waals surface area (Å²) in [5, 5.41) is 18.8. The summed E-state index contributed by atoms with van der Waals surface area (Å²) in [6.07, 6.45) is 3.44. The largest absolute Gasteiger partial charge is 0.508 e. The first-order valence-corrected chi connectivity index (χ1v) is 15.5. The Labute approximate surface area is 264 Å². The average molecular weight is 611 g/mol. The number of hydrogen-bond acceptors (Lipinski definition) is 6. The third kappa shape index (κ3) is 8.42. The van der Waals surface area contributed by atoms with Crippen LogP contribution in [0.5, 0.6) is 5.75 Å². The molecule has 2 fully saturated rings. The Kier molecular flexibility index (Phi) is 10.7. The van der Waals surface area contributed by atoms with E-state index in [2.05, 4.69) is 39.6 Å². The molecule has 0 spiro atoms. The average Bonchev–Trinajstić information content (AvgIpc) is 3.59. The topological polar surface area (TPSA) is 117 Å². The number of urea groups is 1. The van der Waals surface area contributed by atoms with Gasteiger partial charge in [-0.25, -0.2) is 4.79 Å². The predicted molar refractivity (Wildman–Crippen MR) is 174 cm³/mol. The molecule has 10 heteroatoms. The maximum Gasteiger partial charge on any atom is 0.316 e. The molecular weight excluding hydrogens is 568 g/mol. The summed E-state index contributed by atoms with van der Waals surface area (Å²) in [7, 11) is 0. The summed E-state index contributed by atoms with van der Waals surface area (Å²) in [5.74, 6) is -0.392. The van der Waals surface area contributed by atoms with Gasteiger partial charge in [-0.3, -0.25) is 9.59 Å². The number of hydrogen-bond donors (Lipinski definition) is 4. The number of piperazine rings is 1. The van der Waals surface area contributed by atoms with Gasteiger partial charge in [-0.2, -0.15) is 0 Å². The van der Waals surface area contributed by atoms with Crippen LogP contribution in [0, 0.1) is 0 Å². The van der Waals surface area contributed by atoms with E-state index in [0.717, 1.165) is 35.5 Å². The van der Waals surface area contributed by atoms with Crippen LogP contribution in [0.3, 0.4) is 0 Å². The van der Waals surface area contributed by atoms with Crippen LogP contribution in [0.15, 0.2) is 91.5 Å². The quantitative estimate of drug-likeness (QED) is 0.185. The number of rotatable bonds is 12. The molecule has 4 amide bonds. The lowest BCUT2D eigenvalue weighted by Gasteiger charge is -2.46. The summed E-state index contributed by atoms with van der Waals surface area (Å²) in [5.41, 5.74) is 3.84. The van der Waals surface area contributed by atoms with Crippen molar-refractivity contribution in [1.29, 1.82) is 0 Å². The van der Waals surface area contributed by atoms with E-state index in [4.69, 9.17) is 0 Å². The molecule has 45 heavy (non-hydrogen) atoms. The Balaban J connectivity index is 1.42. The molecule has 2 atom stereocenters. The third-order valence-electron chi connectivity index (χ3n) is 8.23. The highest BCUT2D eigenvalue weighted by Gasteiger charge is 2.43. The SMILES string of the molecule is C=CCNCC(=O)N1[C@@H](NC(=O)NCc2ccccc2)CN(Cc2cccc(N3CCCC3)c2)C(=O)[C@@H]1Cc1ccc(O)cc1. The zero-order valence-electron chi connectivity index (χ0n) is 25.5. The monoisotopic (exact) mass is 610 g/mol. The van der Waals surface area contributed by atoms with Crippen LogP contribution in [0.4, 0.5) is 10.5 Å². The molecule has 3 aromatic rings. The normalized spacial score (nSPS) is 18.1. The van der Waals surface area contributed by atoms with Crippen LogP contribution >= 0.6 is 0 Å². The number of phenolic OH excluding ortho intramolecular Hbond substituents is 1. The summed E-state index contributed by atoms with van der Waals surface area (Å²) >= 11 is 0. The van der Waals surface area contributed by atoms with Crippen molar-refractivity contribution in [2.75, 3.05) is 37.6 Å². The third-order valence-corrected chi connectivity index (χ3v) is 8.23. The summed E-state index contributed by atoms with van der Waals surface area (Å²) < 4.78 is 0. The number of carbonyl (C=O) groups excluding carboxylic acids is 3. The van der Waals surface area contributed by atoms with Gasteiger partial charge in [0.05, 0.1) is 13.1 Å². The molecule has 10 nitrogen and oxygen atoms in total. The van der Waals surface area contributed by atoms with Crippen LogP contribution in [0.2, 0.25) is 0 Å². The van der Waals surface area contributed by atoms with Crippen molar-refractivity contribution in [3.63, 3.8) is 0 Å². The number of aromatic hydroxyl groups is 1. The Bertz CT molecular complexity index is 1460. The second-order valence-electron chi connectivity index (χ2n) is 11.5. The minimum absolute atomic E-state index is 0.0208. The summed E-state index contributed by atoms with van der Waals surface area (Å²) in [6.45, 7) is 6.92. The maximum absolute atomic E-state index is 14.2. The maximum atomic E-state index is 14.2. The molecule has 0 aromatic heterocycles. The van der Waals surface area contributed by atoms with Crippen LogP contribution in [-0.4, -0.2) is 77.7 Å². The second kappa shape index (κ2) is 15.3. The fourth-order valence-electron chi connectivity index (χ4n) is 5.98. The first kappa shape index (κ1) is 31.6. The van der Waals surface area contributed by atoms with E-state index >= 15 is 0 Å². The van der Waals surface area contributed by atoms with Gasteiger partial charge >= 0.3 is 6.03 Å². The van der Waals surface area contributed by atoms with Crippen LogP contribution in [0.25, 0.3) is 0 Å². The van der Waals surface area contributed by atoms with Crippen molar-refractivity contribution in [3.8, 4) is 5.75 Å². The molecule has 2 aliphatic heterocycles. The molecule has 2 saturated heterocycles. The van der Waals surface area contributed by atoms with E-state index in [1.807, 2.05) is 42.5 Å². The first-order valence-electron chi connectivity index (χ1n) is 15.5. The number of benzene rings is 3. The predicted octanol–water partition coefficient (Wildman–Crippen LogP) is 3.38. The van der Waals surface area contributed by atoms with Crippen molar-refractivity contribution in [3.05, 3.63) is 108 Å². The molecule has 0 aliphatic carbocycles. The number of nitrogens with one attached hydrogen (secondary N) is 3. The number of nitrogens with zero attached hydrogens (tertiary/aromatic N) is 3. The fourth-order valence-corrected chi connectivity index (χ4v) is 5.98. The molecule has 2 heterocycles. The van der Waals surface area contributed by atoms with E-state index in [9.17, 15) is 19.5 Å². The number of carbonyl (C=O) groups is 3. The molecular formula is C35H42N6O4. The number of anilines is 1. The van der Waals surface area contributed by atoms with Gasteiger partial charge in [0, 0.05) is 44.8 Å². The summed E-state index contributed by atoms with van der Waals surface area (Å²) in [4.78, 5) is 46.8. The fraction of sp³-hybridized carbons (Fsp3) is 0.343. The molecule has 236 valence electrons.